The Bertz CT molecular complexity index is 764. The number of aliphatic hydroxyl groups excluding tert-OH is 1. The third-order valence-corrected chi connectivity index (χ3v) is 6.18. The lowest BCUT2D eigenvalue weighted by Gasteiger charge is -2.37. The number of aryl methyl sites for hydroxylation is 1. The summed E-state index contributed by atoms with van der Waals surface area (Å²) in [4.78, 5) is 4.96. The first-order valence-corrected chi connectivity index (χ1v) is 10.2. The highest BCUT2D eigenvalue weighted by molar-refractivity contribution is 5.81. The average molecular weight is 373 g/mol. The van der Waals surface area contributed by atoms with Crippen molar-refractivity contribution in [3.8, 4) is 0 Å². The van der Waals surface area contributed by atoms with Crippen LogP contribution in [-0.4, -0.2) is 66.4 Å². The Morgan fingerprint density at radius 2 is 1.70 bits per heavy atom. The van der Waals surface area contributed by atoms with Crippen molar-refractivity contribution < 1.29 is 14.3 Å². The fourth-order valence-electron chi connectivity index (χ4n) is 4.92. The van der Waals surface area contributed by atoms with Gasteiger partial charge in [-0.2, -0.15) is 0 Å². The number of rotatable bonds is 5. The SMILES string of the molecule is Cc1c(CN2C[C@H](CO)[C@H](CN3C[C@@H](C)O[C@@H](C)C3)C2)oc2ccccc12. The van der Waals surface area contributed by atoms with Gasteiger partial charge in [-0.25, -0.2) is 0 Å². The second-order valence-corrected chi connectivity index (χ2v) is 8.52. The van der Waals surface area contributed by atoms with E-state index in [4.69, 9.17) is 9.15 Å². The maximum absolute atomic E-state index is 9.93. The number of aliphatic hydroxyl groups is 1. The number of para-hydroxylation sites is 1. The van der Waals surface area contributed by atoms with E-state index in [9.17, 15) is 5.11 Å². The zero-order valence-electron chi connectivity index (χ0n) is 16.7. The molecule has 2 aliphatic heterocycles. The Labute approximate surface area is 161 Å². The fraction of sp³-hybridized carbons (Fsp3) is 0.636. The number of morpholine rings is 1. The summed E-state index contributed by atoms with van der Waals surface area (Å²) >= 11 is 0. The number of ether oxygens (including phenoxy) is 1. The fourth-order valence-corrected chi connectivity index (χ4v) is 4.92. The number of fused-ring (bicyclic) bond motifs is 1. The first kappa shape index (κ1) is 18.9. The van der Waals surface area contributed by atoms with Gasteiger partial charge in [0.25, 0.3) is 0 Å². The summed E-state index contributed by atoms with van der Waals surface area (Å²) < 4.78 is 12.0. The second kappa shape index (κ2) is 7.92. The molecule has 0 radical (unpaired) electrons. The van der Waals surface area contributed by atoms with Crippen molar-refractivity contribution in [2.45, 2.75) is 39.5 Å². The van der Waals surface area contributed by atoms with Crippen LogP contribution in [-0.2, 0) is 11.3 Å². The summed E-state index contributed by atoms with van der Waals surface area (Å²) in [6, 6.07) is 8.25. The molecule has 0 spiro atoms. The molecule has 2 fully saturated rings. The number of benzene rings is 1. The summed E-state index contributed by atoms with van der Waals surface area (Å²) in [6.45, 7) is 12.5. The van der Waals surface area contributed by atoms with Crippen LogP contribution in [0.4, 0.5) is 0 Å². The van der Waals surface area contributed by atoms with Crippen molar-refractivity contribution in [1.29, 1.82) is 0 Å². The Balaban J connectivity index is 1.42. The molecule has 5 nitrogen and oxygen atoms in total. The van der Waals surface area contributed by atoms with Gasteiger partial charge in [0.2, 0.25) is 0 Å². The molecule has 0 saturated carbocycles. The molecule has 2 aromatic rings. The molecule has 0 amide bonds. The van der Waals surface area contributed by atoms with Crippen molar-refractivity contribution in [1.82, 2.24) is 9.80 Å². The molecular formula is C22H32N2O3. The van der Waals surface area contributed by atoms with Crippen LogP contribution in [0, 0.1) is 18.8 Å². The molecule has 1 aromatic carbocycles. The van der Waals surface area contributed by atoms with Gasteiger partial charge in [-0.3, -0.25) is 9.80 Å². The number of nitrogens with zero attached hydrogens (tertiary/aromatic N) is 2. The van der Waals surface area contributed by atoms with Crippen molar-refractivity contribution in [2.24, 2.45) is 11.8 Å². The third kappa shape index (κ3) is 4.06. The summed E-state index contributed by atoms with van der Waals surface area (Å²) in [5.41, 5.74) is 2.21. The molecular weight excluding hydrogens is 340 g/mol. The zero-order valence-corrected chi connectivity index (χ0v) is 16.7. The van der Waals surface area contributed by atoms with Gasteiger partial charge in [-0.15, -0.1) is 0 Å². The largest absolute Gasteiger partial charge is 0.459 e. The van der Waals surface area contributed by atoms with Crippen LogP contribution < -0.4 is 0 Å². The van der Waals surface area contributed by atoms with Gasteiger partial charge in [0.05, 0.1) is 18.8 Å². The second-order valence-electron chi connectivity index (χ2n) is 8.52. The van der Waals surface area contributed by atoms with Crippen LogP contribution in [0.1, 0.15) is 25.2 Å². The normalized spacial score (nSPS) is 30.4. The smallest absolute Gasteiger partial charge is 0.134 e. The van der Waals surface area contributed by atoms with Gasteiger partial charge in [-0.05, 0) is 44.2 Å². The zero-order chi connectivity index (χ0) is 19.0. The average Bonchev–Trinajstić information content (AvgIpc) is 3.15. The molecule has 0 bridgehead atoms. The molecule has 0 aliphatic carbocycles. The minimum atomic E-state index is 0.260. The standard InChI is InChI=1S/C22H32N2O3/c1-15-8-23(9-16(2)26-15)10-18-11-24(12-19(18)14-25)13-22-17(3)20-6-4-5-7-21(20)27-22/h4-7,15-16,18-19,25H,8-14H2,1-3H3/t15-,16+,18-,19-/m1/s1. The molecule has 1 aromatic heterocycles. The summed E-state index contributed by atoms with van der Waals surface area (Å²) in [6.07, 6.45) is 0.578. The Kier molecular flexibility index (Phi) is 5.55. The minimum absolute atomic E-state index is 0.260. The van der Waals surface area contributed by atoms with E-state index in [2.05, 4.69) is 42.7 Å². The van der Waals surface area contributed by atoms with Gasteiger partial charge >= 0.3 is 0 Å². The monoisotopic (exact) mass is 372 g/mol. The lowest BCUT2D eigenvalue weighted by molar-refractivity contribution is -0.0727. The van der Waals surface area contributed by atoms with Gasteiger partial charge in [0.15, 0.2) is 0 Å². The van der Waals surface area contributed by atoms with E-state index < -0.39 is 0 Å². The maximum atomic E-state index is 9.93. The number of likely N-dealkylation sites (tertiary alicyclic amines) is 1. The molecule has 4 atom stereocenters. The molecule has 5 heteroatoms. The van der Waals surface area contributed by atoms with E-state index in [1.165, 1.54) is 10.9 Å². The first-order valence-electron chi connectivity index (χ1n) is 10.2. The molecule has 3 heterocycles. The van der Waals surface area contributed by atoms with Gasteiger partial charge in [0.1, 0.15) is 11.3 Å². The highest BCUT2D eigenvalue weighted by Gasteiger charge is 2.35. The van der Waals surface area contributed by atoms with Crippen LogP contribution in [0.3, 0.4) is 0 Å². The number of hydrogen-bond donors (Lipinski definition) is 1. The lowest BCUT2D eigenvalue weighted by Crippen LogP contribution is -2.48. The number of hydrogen-bond acceptors (Lipinski definition) is 5. The van der Waals surface area contributed by atoms with Crippen LogP contribution in [0.15, 0.2) is 28.7 Å². The third-order valence-electron chi connectivity index (χ3n) is 6.18. The molecule has 27 heavy (non-hydrogen) atoms. The predicted molar refractivity (Wildman–Crippen MR) is 107 cm³/mol. The highest BCUT2D eigenvalue weighted by Crippen LogP contribution is 2.30. The van der Waals surface area contributed by atoms with Crippen LogP contribution in [0.25, 0.3) is 11.0 Å². The molecule has 148 valence electrons. The van der Waals surface area contributed by atoms with Crippen molar-refractivity contribution >= 4 is 11.0 Å². The van der Waals surface area contributed by atoms with E-state index >= 15 is 0 Å². The molecule has 0 unspecified atom stereocenters. The summed E-state index contributed by atoms with van der Waals surface area (Å²) in [5.74, 6) is 1.89. The van der Waals surface area contributed by atoms with Crippen molar-refractivity contribution in [2.75, 3.05) is 39.3 Å². The van der Waals surface area contributed by atoms with Crippen molar-refractivity contribution in [3.63, 3.8) is 0 Å². The first-order chi connectivity index (χ1) is 13.0. The van der Waals surface area contributed by atoms with Crippen LogP contribution in [0.2, 0.25) is 0 Å². The maximum Gasteiger partial charge on any atom is 0.134 e. The van der Waals surface area contributed by atoms with Crippen LogP contribution in [0.5, 0.6) is 0 Å². The summed E-state index contributed by atoms with van der Waals surface area (Å²) in [7, 11) is 0. The summed E-state index contributed by atoms with van der Waals surface area (Å²) in [5, 5.41) is 11.1. The topological polar surface area (TPSA) is 49.1 Å². The molecule has 2 saturated heterocycles. The van der Waals surface area contributed by atoms with E-state index in [0.29, 0.717) is 11.8 Å². The number of furan rings is 1. The Morgan fingerprint density at radius 1 is 1.00 bits per heavy atom. The molecule has 2 aliphatic rings. The Morgan fingerprint density at radius 3 is 2.41 bits per heavy atom. The van der Waals surface area contributed by atoms with Gasteiger partial charge in [-0.1, -0.05) is 18.2 Å². The van der Waals surface area contributed by atoms with E-state index in [0.717, 1.165) is 50.6 Å². The van der Waals surface area contributed by atoms with Gasteiger partial charge in [0, 0.05) is 44.7 Å². The highest BCUT2D eigenvalue weighted by atomic mass is 16.5. The lowest BCUT2D eigenvalue weighted by atomic mass is 9.96. The van der Waals surface area contributed by atoms with Gasteiger partial charge < -0.3 is 14.3 Å². The molecule has 1 N–H and O–H groups in total. The van der Waals surface area contributed by atoms with E-state index in [-0.39, 0.29) is 18.8 Å². The van der Waals surface area contributed by atoms with Crippen molar-refractivity contribution in [3.05, 3.63) is 35.6 Å². The minimum Gasteiger partial charge on any atom is -0.459 e. The predicted octanol–water partition coefficient (Wildman–Crippen LogP) is 2.89. The Hall–Kier alpha value is -1.40. The quantitative estimate of drug-likeness (QED) is 0.875. The molecule has 4 rings (SSSR count). The van der Waals surface area contributed by atoms with E-state index in [1.54, 1.807) is 0 Å². The van der Waals surface area contributed by atoms with E-state index in [1.807, 2.05) is 12.1 Å². The van der Waals surface area contributed by atoms with Crippen LogP contribution >= 0.6 is 0 Å².